The zero-order valence-electron chi connectivity index (χ0n) is 8.39. The lowest BCUT2D eigenvalue weighted by atomic mass is 10.2. The maximum Gasteiger partial charge on any atom is 0.221 e. The number of hydrogen-bond acceptors (Lipinski definition) is 2. The lowest BCUT2D eigenvalue weighted by molar-refractivity contribution is 0.102. The third-order valence-corrected chi connectivity index (χ3v) is 2.53. The third-order valence-electron chi connectivity index (χ3n) is 2.04. The first-order valence-electron chi connectivity index (χ1n) is 4.77. The SMILES string of the molecule is O=C(C=Cc1cccc(Br)c1)c1ccco1. The Morgan fingerprint density at radius 1 is 1.25 bits per heavy atom. The first-order valence-corrected chi connectivity index (χ1v) is 5.56. The van der Waals surface area contributed by atoms with Crippen LogP contribution in [0.25, 0.3) is 6.08 Å². The molecule has 0 aliphatic carbocycles. The fourth-order valence-corrected chi connectivity index (χ4v) is 1.70. The Balaban J connectivity index is 2.13. The zero-order chi connectivity index (χ0) is 11.4. The van der Waals surface area contributed by atoms with Crippen LogP contribution in [0.4, 0.5) is 0 Å². The number of carbonyl (C=O) groups excluding carboxylic acids is 1. The van der Waals surface area contributed by atoms with E-state index in [-0.39, 0.29) is 5.78 Å². The molecule has 0 spiro atoms. The third kappa shape index (κ3) is 2.70. The van der Waals surface area contributed by atoms with Crippen LogP contribution in [0.5, 0.6) is 0 Å². The number of halogens is 1. The minimum Gasteiger partial charge on any atom is -0.461 e. The molecule has 2 rings (SSSR count). The van der Waals surface area contributed by atoms with Crippen molar-refractivity contribution in [1.29, 1.82) is 0 Å². The van der Waals surface area contributed by atoms with Gasteiger partial charge in [0.25, 0.3) is 0 Å². The van der Waals surface area contributed by atoms with Crippen molar-refractivity contribution in [3.05, 3.63) is 64.5 Å². The summed E-state index contributed by atoms with van der Waals surface area (Å²) in [4.78, 5) is 11.6. The van der Waals surface area contributed by atoms with E-state index >= 15 is 0 Å². The molecule has 0 aliphatic rings. The maximum absolute atomic E-state index is 11.6. The molecule has 0 atom stereocenters. The largest absolute Gasteiger partial charge is 0.461 e. The maximum atomic E-state index is 11.6. The van der Waals surface area contributed by atoms with E-state index in [9.17, 15) is 4.79 Å². The second-order valence-electron chi connectivity index (χ2n) is 3.23. The number of ketones is 1. The van der Waals surface area contributed by atoms with E-state index in [0.717, 1.165) is 10.0 Å². The van der Waals surface area contributed by atoms with Crippen molar-refractivity contribution < 1.29 is 9.21 Å². The Morgan fingerprint density at radius 3 is 2.81 bits per heavy atom. The molecule has 0 amide bonds. The van der Waals surface area contributed by atoms with Crippen LogP contribution < -0.4 is 0 Å². The molecule has 2 aromatic rings. The topological polar surface area (TPSA) is 30.2 Å². The minimum atomic E-state index is -0.134. The van der Waals surface area contributed by atoms with Crippen LogP contribution in [0.3, 0.4) is 0 Å². The average molecular weight is 277 g/mol. The van der Waals surface area contributed by atoms with Crippen molar-refractivity contribution in [2.75, 3.05) is 0 Å². The smallest absolute Gasteiger partial charge is 0.221 e. The summed E-state index contributed by atoms with van der Waals surface area (Å²) in [6.07, 6.45) is 4.75. The van der Waals surface area contributed by atoms with Gasteiger partial charge in [0, 0.05) is 4.47 Å². The number of rotatable bonds is 3. The van der Waals surface area contributed by atoms with Gasteiger partial charge in [0.15, 0.2) is 5.76 Å². The van der Waals surface area contributed by atoms with Crippen LogP contribution >= 0.6 is 15.9 Å². The van der Waals surface area contributed by atoms with Gasteiger partial charge in [-0.2, -0.15) is 0 Å². The van der Waals surface area contributed by atoms with Crippen LogP contribution in [-0.2, 0) is 0 Å². The molecule has 3 heteroatoms. The van der Waals surface area contributed by atoms with Crippen molar-refractivity contribution in [1.82, 2.24) is 0 Å². The summed E-state index contributed by atoms with van der Waals surface area (Å²) < 4.78 is 5.98. The van der Waals surface area contributed by atoms with Gasteiger partial charge < -0.3 is 4.42 Å². The second-order valence-corrected chi connectivity index (χ2v) is 4.15. The summed E-state index contributed by atoms with van der Waals surface area (Å²) in [6.45, 7) is 0. The van der Waals surface area contributed by atoms with Gasteiger partial charge in [-0.3, -0.25) is 4.79 Å². The first kappa shape index (κ1) is 10.9. The van der Waals surface area contributed by atoms with Crippen LogP contribution in [0, 0.1) is 0 Å². The van der Waals surface area contributed by atoms with Gasteiger partial charge in [0.05, 0.1) is 6.26 Å². The van der Waals surface area contributed by atoms with Crippen LogP contribution in [-0.4, -0.2) is 5.78 Å². The number of allylic oxidation sites excluding steroid dienone is 1. The molecule has 0 aliphatic heterocycles. The van der Waals surface area contributed by atoms with Crippen molar-refractivity contribution in [2.45, 2.75) is 0 Å². The molecule has 0 N–H and O–H groups in total. The van der Waals surface area contributed by atoms with Gasteiger partial charge in [-0.05, 0) is 35.9 Å². The predicted octanol–water partition coefficient (Wildman–Crippen LogP) is 3.94. The van der Waals surface area contributed by atoms with Crippen LogP contribution in [0.15, 0.2) is 57.6 Å². The van der Waals surface area contributed by atoms with Gasteiger partial charge in [0.1, 0.15) is 0 Å². The summed E-state index contributed by atoms with van der Waals surface area (Å²) in [7, 11) is 0. The van der Waals surface area contributed by atoms with Gasteiger partial charge in [-0.1, -0.05) is 34.1 Å². The highest BCUT2D eigenvalue weighted by molar-refractivity contribution is 9.10. The van der Waals surface area contributed by atoms with Gasteiger partial charge >= 0.3 is 0 Å². The molecular weight excluding hydrogens is 268 g/mol. The summed E-state index contributed by atoms with van der Waals surface area (Å²) in [6, 6.07) is 11.1. The number of furan rings is 1. The molecular formula is C13H9BrO2. The van der Waals surface area contributed by atoms with Crippen molar-refractivity contribution in [2.24, 2.45) is 0 Å². The van der Waals surface area contributed by atoms with E-state index in [4.69, 9.17) is 4.42 Å². The average Bonchev–Trinajstić information content (AvgIpc) is 2.79. The molecule has 16 heavy (non-hydrogen) atoms. The highest BCUT2D eigenvalue weighted by Gasteiger charge is 2.03. The second kappa shape index (κ2) is 4.94. The normalized spacial score (nSPS) is 10.8. The van der Waals surface area contributed by atoms with E-state index in [2.05, 4.69) is 15.9 Å². The number of benzene rings is 1. The van der Waals surface area contributed by atoms with Crippen LogP contribution in [0.2, 0.25) is 0 Å². The number of carbonyl (C=O) groups is 1. The summed E-state index contributed by atoms with van der Waals surface area (Å²) in [5.74, 6) is 0.219. The molecule has 1 aromatic carbocycles. The molecule has 0 saturated carbocycles. The highest BCUT2D eigenvalue weighted by Crippen LogP contribution is 2.13. The lowest BCUT2D eigenvalue weighted by Gasteiger charge is -1.93. The Morgan fingerprint density at radius 2 is 2.12 bits per heavy atom. The number of hydrogen-bond donors (Lipinski definition) is 0. The predicted molar refractivity (Wildman–Crippen MR) is 66.2 cm³/mol. The quantitative estimate of drug-likeness (QED) is 0.628. The van der Waals surface area contributed by atoms with E-state index in [0.29, 0.717) is 5.76 Å². The van der Waals surface area contributed by atoms with E-state index in [1.807, 2.05) is 24.3 Å². The summed E-state index contributed by atoms with van der Waals surface area (Å²) in [5, 5.41) is 0. The zero-order valence-corrected chi connectivity index (χ0v) is 9.98. The molecule has 0 unspecified atom stereocenters. The van der Waals surface area contributed by atoms with Crippen molar-refractivity contribution in [3.8, 4) is 0 Å². The van der Waals surface area contributed by atoms with E-state index in [1.54, 1.807) is 18.2 Å². The summed E-state index contributed by atoms with van der Waals surface area (Å²) in [5.41, 5.74) is 0.967. The van der Waals surface area contributed by atoms with E-state index in [1.165, 1.54) is 12.3 Å². The molecule has 80 valence electrons. The Bertz CT molecular complexity index is 512. The highest BCUT2D eigenvalue weighted by atomic mass is 79.9. The fourth-order valence-electron chi connectivity index (χ4n) is 1.28. The lowest BCUT2D eigenvalue weighted by Crippen LogP contribution is -1.90. The molecule has 1 aromatic heterocycles. The Labute approximate surface area is 102 Å². The fraction of sp³-hybridized carbons (Fsp3) is 0. The Hall–Kier alpha value is -1.61. The van der Waals surface area contributed by atoms with E-state index < -0.39 is 0 Å². The molecule has 2 nitrogen and oxygen atoms in total. The first-order chi connectivity index (χ1) is 7.75. The van der Waals surface area contributed by atoms with Crippen LogP contribution in [0.1, 0.15) is 16.1 Å². The molecule has 1 heterocycles. The standard InChI is InChI=1S/C13H9BrO2/c14-11-4-1-3-10(9-11)6-7-12(15)13-5-2-8-16-13/h1-9H. The van der Waals surface area contributed by atoms with Crippen molar-refractivity contribution in [3.63, 3.8) is 0 Å². The molecule has 0 bridgehead atoms. The monoisotopic (exact) mass is 276 g/mol. The Kier molecular flexibility index (Phi) is 3.37. The van der Waals surface area contributed by atoms with Gasteiger partial charge in [-0.25, -0.2) is 0 Å². The van der Waals surface area contributed by atoms with Gasteiger partial charge in [-0.15, -0.1) is 0 Å². The molecule has 0 saturated heterocycles. The minimum absolute atomic E-state index is 0.134. The summed E-state index contributed by atoms with van der Waals surface area (Å²) >= 11 is 3.37. The molecule has 0 fully saturated rings. The van der Waals surface area contributed by atoms with Crippen molar-refractivity contribution >= 4 is 27.8 Å². The molecule has 0 radical (unpaired) electrons. The van der Waals surface area contributed by atoms with Gasteiger partial charge in [0.2, 0.25) is 5.78 Å².